The van der Waals surface area contributed by atoms with Crippen molar-refractivity contribution in [3.05, 3.63) is 65.2 Å². The Bertz CT molecular complexity index is 603. The Hall–Kier alpha value is -1.75. The van der Waals surface area contributed by atoms with E-state index >= 15 is 0 Å². The van der Waals surface area contributed by atoms with Gasteiger partial charge < -0.3 is 15.4 Å². The van der Waals surface area contributed by atoms with E-state index in [1.807, 2.05) is 37.4 Å². The van der Waals surface area contributed by atoms with Gasteiger partial charge in [0.25, 0.3) is 0 Å². The quantitative estimate of drug-likeness (QED) is 0.549. The Morgan fingerprint density at radius 2 is 1.65 bits per heavy atom. The first-order valence-electron chi connectivity index (χ1n) is 6.95. The molecule has 0 saturated carbocycles. The van der Waals surface area contributed by atoms with Crippen molar-refractivity contribution in [2.24, 2.45) is 0 Å². The van der Waals surface area contributed by atoms with Gasteiger partial charge in [-0.3, -0.25) is 5.41 Å². The summed E-state index contributed by atoms with van der Waals surface area (Å²) in [4.78, 5) is 0. The van der Waals surface area contributed by atoms with Crippen LogP contribution in [0.3, 0.4) is 0 Å². The molecule has 0 aliphatic heterocycles. The minimum atomic E-state index is 0. The van der Waals surface area contributed by atoms with E-state index in [1.54, 1.807) is 7.05 Å². The lowest BCUT2D eigenvalue weighted by Crippen LogP contribution is -2.17. The molecule has 0 amide bonds. The molecule has 0 saturated heterocycles. The largest absolute Gasteiger partial charge is 0.489 e. The van der Waals surface area contributed by atoms with Crippen LogP contribution in [0.2, 0.25) is 0 Å². The maximum atomic E-state index is 7.69. The molecule has 0 aliphatic rings. The molecule has 2 rings (SSSR count). The van der Waals surface area contributed by atoms with Gasteiger partial charge in [0.05, 0.1) is 0 Å². The lowest BCUT2D eigenvalue weighted by atomic mass is 10.1. The van der Waals surface area contributed by atoms with Gasteiger partial charge in [0.15, 0.2) is 0 Å². The molecule has 0 unspecified atom stereocenters. The van der Waals surface area contributed by atoms with Gasteiger partial charge in [-0.1, -0.05) is 24.3 Å². The predicted octanol–water partition coefficient (Wildman–Crippen LogP) is 3.37. The van der Waals surface area contributed by atoms with Crippen LogP contribution in [0.5, 0.6) is 5.75 Å². The molecule has 0 aromatic heterocycles. The summed E-state index contributed by atoms with van der Waals surface area (Å²) in [6.07, 6.45) is 0. The minimum absolute atomic E-state index is 0. The summed E-state index contributed by atoms with van der Waals surface area (Å²) in [5.74, 6) is 1.21. The summed E-state index contributed by atoms with van der Waals surface area (Å²) in [5.41, 5.74) is 3.24. The first kappa shape index (κ1) is 21.2. The van der Waals surface area contributed by atoms with Crippen LogP contribution >= 0.6 is 24.8 Å². The van der Waals surface area contributed by atoms with Crippen LogP contribution in [0.25, 0.3) is 0 Å². The molecular weight excluding hydrogens is 333 g/mol. The van der Waals surface area contributed by atoms with Gasteiger partial charge in [0.2, 0.25) is 0 Å². The van der Waals surface area contributed by atoms with Gasteiger partial charge in [0, 0.05) is 19.2 Å². The molecule has 0 heterocycles. The van der Waals surface area contributed by atoms with Gasteiger partial charge in [-0.2, -0.15) is 0 Å². The molecule has 0 fully saturated rings. The molecule has 3 N–H and O–H groups in total. The first-order chi connectivity index (χ1) is 10.2. The van der Waals surface area contributed by atoms with Crippen LogP contribution in [0.15, 0.2) is 48.5 Å². The molecule has 126 valence electrons. The van der Waals surface area contributed by atoms with E-state index in [2.05, 4.69) is 28.8 Å². The highest BCUT2D eigenvalue weighted by molar-refractivity contribution is 5.96. The van der Waals surface area contributed by atoms with Gasteiger partial charge in [-0.05, 0) is 42.4 Å². The fraction of sp³-hybridized carbons (Fsp3) is 0.235. The summed E-state index contributed by atoms with van der Waals surface area (Å²) in [7, 11) is 3.68. The van der Waals surface area contributed by atoms with Gasteiger partial charge in [-0.25, -0.2) is 0 Å². The second-order valence-electron chi connectivity index (χ2n) is 4.79. The second kappa shape index (κ2) is 10.9. The van der Waals surface area contributed by atoms with Crippen molar-refractivity contribution in [3.8, 4) is 5.75 Å². The van der Waals surface area contributed by atoms with Crippen molar-refractivity contribution in [2.45, 2.75) is 13.2 Å². The number of nitrogens with one attached hydrogen (secondary N) is 3. The van der Waals surface area contributed by atoms with Crippen molar-refractivity contribution in [2.75, 3.05) is 14.1 Å². The molecule has 0 atom stereocenters. The SMILES string of the molecule is CNCc1cccc(COc2ccc(C(=N)NC)cc2)c1.Cl.Cl. The summed E-state index contributed by atoms with van der Waals surface area (Å²) < 4.78 is 5.78. The highest BCUT2D eigenvalue weighted by atomic mass is 35.5. The van der Waals surface area contributed by atoms with Crippen LogP contribution in [0, 0.1) is 5.41 Å². The van der Waals surface area contributed by atoms with Crippen LogP contribution in [-0.4, -0.2) is 19.9 Å². The second-order valence-corrected chi connectivity index (χ2v) is 4.79. The third kappa shape index (κ3) is 6.48. The zero-order valence-corrected chi connectivity index (χ0v) is 14.9. The van der Waals surface area contributed by atoms with Crippen LogP contribution < -0.4 is 15.4 Å². The van der Waals surface area contributed by atoms with E-state index in [0.29, 0.717) is 12.4 Å². The number of benzene rings is 2. The van der Waals surface area contributed by atoms with E-state index in [4.69, 9.17) is 10.1 Å². The number of hydrogen-bond acceptors (Lipinski definition) is 3. The standard InChI is InChI=1S/C17H21N3O.2ClH/c1-19-11-13-4-3-5-14(10-13)12-21-16-8-6-15(7-9-16)17(18)20-2;;/h3-10,19H,11-12H2,1-2H3,(H2,18,20);2*1H. The number of halogens is 2. The maximum absolute atomic E-state index is 7.69. The number of rotatable bonds is 6. The van der Waals surface area contributed by atoms with Crippen LogP contribution in [0.4, 0.5) is 0 Å². The molecule has 0 bridgehead atoms. The van der Waals surface area contributed by atoms with Crippen molar-refractivity contribution < 1.29 is 4.74 Å². The Labute approximate surface area is 150 Å². The summed E-state index contributed by atoms with van der Waals surface area (Å²) >= 11 is 0. The third-order valence-electron chi connectivity index (χ3n) is 3.17. The fourth-order valence-electron chi connectivity index (χ4n) is 2.06. The highest BCUT2D eigenvalue weighted by Crippen LogP contribution is 2.15. The molecule has 0 aliphatic carbocycles. The van der Waals surface area contributed by atoms with Crippen molar-refractivity contribution in [1.29, 1.82) is 5.41 Å². The Morgan fingerprint density at radius 3 is 2.26 bits per heavy atom. The molecule has 23 heavy (non-hydrogen) atoms. The van der Waals surface area contributed by atoms with E-state index < -0.39 is 0 Å². The summed E-state index contributed by atoms with van der Waals surface area (Å²) in [5, 5.41) is 13.6. The maximum Gasteiger partial charge on any atom is 0.125 e. The van der Waals surface area contributed by atoms with Crippen molar-refractivity contribution in [1.82, 2.24) is 10.6 Å². The lowest BCUT2D eigenvalue weighted by Gasteiger charge is -2.09. The molecule has 0 spiro atoms. The Balaban J connectivity index is 0.00000242. The zero-order chi connectivity index (χ0) is 15.1. The normalized spacial score (nSPS) is 9.30. The van der Waals surface area contributed by atoms with Gasteiger partial charge in [0.1, 0.15) is 18.2 Å². The van der Waals surface area contributed by atoms with Gasteiger partial charge >= 0.3 is 0 Å². The average Bonchev–Trinajstić information content (AvgIpc) is 2.53. The average molecular weight is 356 g/mol. The molecule has 2 aromatic rings. The van der Waals surface area contributed by atoms with Crippen molar-refractivity contribution in [3.63, 3.8) is 0 Å². The lowest BCUT2D eigenvalue weighted by molar-refractivity contribution is 0.306. The van der Waals surface area contributed by atoms with Crippen LogP contribution in [0.1, 0.15) is 16.7 Å². The number of hydrogen-bond donors (Lipinski definition) is 3. The minimum Gasteiger partial charge on any atom is -0.489 e. The van der Waals surface area contributed by atoms with Gasteiger partial charge in [-0.15, -0.1) is 24.8 Å². The van der Waals surface area contributed by atoms with E-state index in [1.165, 1.54) is 5.56 Å². The number of ether oxygens (including phenoxy) is 1. The van der Waals surface area contributed by atoms with E-state index in [0.717, 1.165) is 23.4 Å². The Morgan fingerprint density at radius 1 is 1.00 bits per heavy atom. The molecule has 6 heteroatoms. The smallest absolute Gasteiger partial charge is 0.125 e. The van der Waals surface area contributed by atoms with E-state index in [9.17, 15) is 0 Å². The molecule has 0 radical (unpaired) electrons. The Kier molecular flexibility index (Phi) is 10.1. The fourth-order valence-corrected chi connectivity index (χ4v) is 2.06. The topological polar surface area (TPSA) is 57.1 Å². The monoisotopic (exact) mass is 355 g/mol. The summed E-state index contributed by atoms with van der Waals surface area (Å²) in [6, 6.07) is 15.9. The third-order valence-corrected chi connectivity index (χ3v) is 3.17. The van der Waals surface area contributed by atoms with Crippen molar-refractivity contribution >= 4 is 30.6 Å². The van der Waals surface area contributed by atoms with Crippen LogP contribution in [-0.2, 0) is 13.2 Å². The van der Waals surface area contributed by atoms with E-state index in [-0.39, 0.29) is 24.8 Å². The summed E-state index contributed by atoms with van der Waals surface area (Å²) in [6.45, 7) is 1.40. The molecule has 2 aromatic carbocycles. The zero-order valence-electron chi connectivity index (χ0n) is 13.3. The molecule has 4 nitrogen and oxygen atoms in total. The molecular formula is C17H23Cl2N3O. The predicted molar refractivity (Wildman–Crippen MR) is 100 cm³/mol. The number of amidine groups is 1. The first-order valence-corrected chi connectivity index (χ1v) is 6.95. The highest BCUT2D eigenvalue weighted by Gasteiger charge is 2.01.